The summed E-state index contributed by atoms with van der Waals surface area (Å²) in [6, 6.07) is 0. The number of esters is 1. The molecule has 8 atom stereocenters. The number of carboxylic acids is 1. The molecular formula is C26H32F2O8. The molecule has 4 aliphatic rings. The Bertz CT molecular complexity index is 1050. The Morgan fingerprint density at radius 3 is 2.56 bits per heavy atom. The maximum absolute atomic E-state index is 17.0. The van der Waals surface area contributed by atoms with Crippen LogP contribution in [0.15, 0.2) is 23.8 Å². The van der Waals surface area contributed by atoms with Crippen molar-refractivity contribution in [3.05, 3.63) is 23.8 Å². The standard InChI is InChI=1S/C26H32F2O8/c1-23-8-6-14(29)10-17(23)18(27)11-16-15-7-9-25(35,24(15,2)12-19(30)26(16,23)28)20(31)13-36-22(34)5-3-4-21(32)33/h6,8,10,15-16,18-19,30,35H,3-5,7,9,11-13H2,1-2H3,(H,32,33)/t15?,16-,18-,19-,23-,24-,25-,26-/m0/s1. The lowest BCUT2D eigenvalue weighted by molar-refractivity contribution is -0.222. The van der Waals surface area contributed by atoms with E-state index in [1.54, 1.807) is 6.92 Å². The fourth-order valence-corrected chi connectivity index (χ4v) is 7.39. The smallest absolute Gasteiger partial charge is 0.306 e. The number of aliphatic hydroxyl groups is 2. The molecule has 0 bridgehead atoms. The van der Waals surface area contributed by atoms with Crippen molar-refractivity contribution in [2.24, 2.45) is 22.7 Å². The molecule has 0 radical (unpaired) electrons. The van der Waals surface area contributed by atoms with E-state index in [4.69, 9.17) is 9.84 Å². The highest BCUT2D eigenvalue weighted by atomic mass is 19.1. The maximum Gasteiger partial charge on any atom is 0.306 e. The molecule has 0 spiro atoms. The molecule has 3 saturated carbocycles. The van der Waals surface area contributed by atoms with Gasteiger partial charge in [0.2, 0.25) is 5.78 Å². The summed E-state index contributed by atoms with van der Waals surface area (Å²) in [6.45, 7) is 2.32. The average molecular weight is 511 g/mol. The van der Waals surface area contributed by atoms with Crippen LogP contribution in [0.2, 0.25) is 0 Å². The van der Waals surface area contributed by atoms with Crippen molar-refractivity contribution in [1.29, 1.82) is 0 Å². The highest BCUT2D eigenvalue weighted by Crippen LogP contribution is 2.70. The van der Waals surface area contributed by atoms with Crippen LogP contribution in [0.25, 0.3) is 0 Å². The van der Waals surface area contributed by atoms with Crippen molar-refractivity contribution in [3.63, 3.8) is 0 Å². The molecule has 0 amide bonds. The molecule has 0 aromatic rings. The highest BCUT2D eigenvalue weighted by Gasteiger charge is 2.75. The zero-order chi connectivity index (χ0) is 26.7. The summed E-state index contributed by atoms with van der Waals surface area (Å²) in [7, 11) is 0. The minimum atomic E-state index is -2.31. The number of hydrogen-bond donors (Lipinski definition) is 3. The molecule has 0 saturated heterocycles. The van der Waals surface area contributed by atoms with Crippen molar-refractivity contribution in [3.8, 4) is 0 Å². The highest BCUT2D eigenvalue weighted by molar-refractivity contribution is 6.01. The Labute approximate surface area is 207 Å². The Morgan fingerprint density at radius 2 is 1.89 bits per heavy atom. The van der Waals surface area contributed by atoms with Gasteiger partial charge in [0.15, 0.2) is 18.1 Å². The number of hydrogen-bond acceptors (Lipinski definition) is 7. The zero-order valence-corrected chi connectivity index (χ0v) is 20.3. The first-order chi connectivity index (χ1) is 16.7. The van der Waals surface area contributed by atoms with Crippen molar-refractivity contribution in [2.45, 2.75) is 82.3 Å². The quantitative estimate of drug-likeness (QED) is 0.444. The van der Waals surface area contributed by atoms with Gasteiger partial charge in [-0.25, -0.2) is 8.78 Å². The van der Waals surface area contributed by atoms with E-state index in [0.29, 0.717) is 0 Å². The van der Waals surface area contributed by atoms with E-state index in [0.717, 1.165) is 6.08 Å². The van der Waals surface area contributed by atoms with Crippen LogP contribution in [0.5, 0.6) is 0 Å². The lowest BCUT2D eigenvalue weighted by atomic mass is 9.44. The number of ketones is 2. The molecule has 0 heterocycles. The molecule has 4 aliphatic carbocycles. The van der Waals surface area contributed by atoms with E-state index in [2.05, 4.69) is 0 Å². The van der Waals surface area contributed by atoms with Crippen LogP contribution in [0.1, 0.15) is 58.8 Å². The van der Waals surface area contributed by atoms with Crippen LogP contribution in [-0.4, -0.2) is 69.0 Å². The number of carbonyl (C=O) groups excluding carboxylic acids is 3. The van der Waals surface area contributed by atoms with E-state index in [-0.39, 0.29) is 50.5 Å². The Balaban J connectivity index is 1.57. The van der Waals surface area contributed by atoms with Gasteiger partial charge in [0.05, 0.1) is 6.10 Å². The number of aliphatic hydroxyl groups excluding tert-OH is 1. The van der Waals surface area contributed by atoms with E-state index in [9.17, 15) is 29.4 Å². The van der Waals surface area contributed by atoms with E-state index >= 15 is 8.78 Å². The number of Topliss-reactive ketones (excluding diaryl/α,β-unsaturated/α-hetero) is 1. The van der Waals surface area contributed by atoms with Gasteiger partial charge in [-0.05, 0) is 62.7 Å². The second-order valence-electron chi connectivity index (χ2n) is 11.1. The normalized spacial score (nSPS) is 43.2. The summed E-state index contributed by atoms with van der Waals surface area (Å²) in [5.74, 6) is -4.75. The first kappa shape index (κ1) is 26.6. The number of halogens is 2. The topological polar surface area (TPSA) is 138 Å². The number of carbonyl (C=O) groups is 4. The Kier molecular flexibility index (Phi) is 6.53. The maximum atomic E-state index is 17.0. The number of alkyl halides is 2. The molecule has 0 aliphatic heterocycles. The molecule has 8 nitrogen and oxygen atoms in total. The SMILES string of the molecule is C[C@]12C=CC(=O)C=C1[C@@H](F)C[C@H]1C3CC[C@](O)(C(=O)COC(=O)CCCC(=O)O)[C@@]3(C)C[C@H](O)[C@@]12F. The van der Waals surface area contributed by atoms with Crippen LogP contribution in [0, 0.1) is 22.7 Å². The fraction of sp³-hybridized carbons (Fsp3) is 0.692. The van der Waals surface area contributed by atoms with E-state index in [1.165, 1.54) is 19.1 Å². The van der Waals surface area contributed by atoms with E-state index in [1.807, 2.05) is 0 Å². The molecule has 0 aromatic carbocycles. The average Bonchev–Trinajstić information content (AvgIpc) is 3.06. The summed E-state index contributed by atoms with van der Waals surface area (Å²) in [4.78, 5) is 47.5. The molecule has 3 fully saturated rings. The number of fused-ring (bicyclic) bond motifs is 5. The van der Waals surface area contributed by atoms with Crippen LogP contribution >= 0.6 is 0 Å². The lowest BCUT2D eigenvalue weighted by Gasteiger charge is -2.63. The number of allylic oxidation sites excluding steroid dienone is 4. The molecular weight excluding hydrogens is 478 g/mol. The summed E-state index contributed by atoms with van der Waals surface area (Å²) in [6.07, 6.45) is -0.489. The molecule has 10 heteroatoms. The molecule has 4 rings (SSSR count). The second-order valence-corrected chi connectivity index (χ2v) is 11.1. The van der Waals surface area contributed by atoms with Gasteiger partial charge in [-0.15, -0.1) is 0 Å². The monoisotopic (exact) mass is 510 g/mol. The zero-order valence-electron chi connectivity index (χ0n) is 20.3. The van der Waals surface area contributed by atoms with Crippen molar-refractivity contribution in [2.75, 3.05) is 6.61 Å². The van der Waals surface area contributed by atoms with Crippen molar-refractivity contribution >= 4 is 23.5 Å². The van der Waals surface area contributed by atoms with Gasteiger partial charge in [0.1, 0.15) is 11.8 Å². The van der Waals surface area contributed by atoms with Crippen LogP contribution in [-0.2, 0) is 23.9 Å². The van der Waals surface area contributed by atoms with Gasteiger partial charge in [0.25, 0.3) is 0 Å². The second kappa shape index (κ2) is 8.83. The van der Waals surface area contributed by atoms with Crippen molar-refractivity contribution in [1.82, 2.24) is 0 Å². The van der Waals surface area contributed by atoms with Gasteiger partial charge in [-0.3, -0.25) is 19.2 Å². The van der Waals surface area contributed by atoms with Crippen LogP contribution < -0.4 is 0 Å². The first-order valence-corrected chi connectivity index (χ1v) is 12.3. The summed E-state index contributed by atoms with van der Waals surface area (Å²) >= 11 is 0. The number of carboxylic acid groups (broad SMARTS) is 1. The minimum Gasteiger partial charge on any atom is -0.481 e. The Morgan fingerprint density at radius 1 is 1.19 bits per heavy atom. The summed E-state index contributed by atoms with van der Waals surface area (Å²) in [5.41, 5.74) is -7.20. The third-order valence-electron chi connectivity index (χ3n) is 9.38. The van der Waals surface area contributed by atoms with E-state index < -0.39 is 76.3 Å². The van der Waals surface area contributed by atoms with Gasteiger partial charge in [-0.1, -0.05) is 13.0 Å². The summed E-state index contributed by atoms with van der Waals surface area (Å²) in [5, 5.41) is 31.4. The lowest BCUT2D eigenvalue weighted by Crippen LogP contribution is -2.70. The molecule has 1 unspecified atom stereocenters. The predicted octanol–water partition coefficient (Wildman–Crippen LogP) is 2.40. The Hall–Kier alpha value is -2.46. The summed E-state index contributed by atoms with van der Waals surface area (Å²) < 4.78 is 37.4. The van der Waals surface area contributed by atoms with Crippen molar-refractivity contribution < 1.29 is 48.0 Å². The van der Waals surface area contributed by atoms with Crippen LogP contribution in [0.4, 0.5) is 8.78 Å². The van der Waals surface area contributed by atoms with Crippen LogP contribution in [0.3, 0.4) is 0 Å². The minimum absolute atomic E-state index is 0.00412. The predicted molar refractivity (Wildman–Crippen MR) is 121 cm³/mol. The molecule has 0 aromatic heterocycles. The largest absolute Gasteiger partial charge is 0.481 e. The van der Waals surface area contributed by atoms with Gasteiger partial charge in [0, 0.05) is 29.6 Å². The van der Waals surface area contributed by atoms with Gasteiger partial charge >= 0.3 is 11.9 Å². The number of aliphatic carboxylic acids is 1. The third kappa shape index (κ3) is 3.67. The van der Waals surface area contributed by atoms with Gasteiger partial charge < -0.3 is 20.1 Å². The third-order valence-corrected chi connectivity index (χ3v) is 9.38. The number of rotatable bonds is 7. The first-order valence-electron chi connectivity index (χ1n) is 12.3. The fourth-order valence-electron chi connectivity index (χ4n) is 7.39. The molecule has 198 valence electrons. The molecule has 36 heavy (non-hydrogen) atoms. The van der Waals surface area contributed by atoms with Gasteiger partial charge in [-0.2, -0.15) is 0 Å². The number of ether oxygens (including phenoxy) is 1. The molecule has 3 N–H and O–H groups in total.